The molecule has 0 saturated heterocycles. The quantitative estimate of drug-likeness (QED) is 0.641. The van der Waals surface area contributed by atoms with E-state index < -0.39 is 0 Å². The first-order chi connectivity index (χ1) is 4.85. The molecule has 0 bridgehead atoms. The molecular formula is C7H16S3. The van der Waals surface area contributed by atoms with Crippen molar-refractivity contribution in [2.75, 3.05) is 36.0 Å². The summed E-state index contributed by atoms with van der Waals surface area (Å²) in [6.45, 7) is 0. The van der Waals surface area contributed by atoms with Gasteiger partial charge < -0.3 is 0 Å². The van der Waals surface area contributed by atoms with Crippen LogP contribution in [0.1, 0.15) is 0 Å². The summed E-state index contributed by atoms with van der Waals surface area (Å²) < 4.78 is 0. The van der Waals surface area contributed by atoms with Crippen molar-refractivity contribution >= 4 is 35.3 Å². The molecule has 0 fully saturated rings. The standard InChI is InChI=1S/C7H16S3/c1-8-4-7(5-9-2)6-10-3/h7H,4-6H2,1-3H3. The molecule has 0 spiro atoms. The van der Waals surface area contributed by atoms with Gasteiger partial charge in [-0.05, 0) is 41.9 Å². The van der Waals surface area contributed by atoms with Crippen LogP contribution in [0.15, 0.2) is 0 Å². The van der Waals surface area contributed by atoms with Gasteiger partial charge in [0.1, 0.15) is 0 Å². The van der Waals surface area contributed by atoms with Gasteiger partial charge in [0.2, 0.25) is 0 Å². The molecular weight excluding hydrogens is 180 g/mol. The molecule has 0 aliphatic carbocycles. The minimum atomic E-state index is 0.917. The lowest BCUT2D eigenvalue weighted by Gasteiger charge is -2.11. The van der Waals surface area contributed by atoms with Crippen LogP contribution in [-0.4, -0.2) is 36.0 Å². The fourth-order valence-corrected chi connectivity index (χ4v) is 3.42. The summed E-state index contributed by atoms with van der Waals surface area (Å²) in [5, 5.41) is 0. The first kappa shape index (κ1) is 11.1. The maximum Gasteiger partial charge on any atom is -0.00261 e. The summed E-state index contributed by atoms with van der Waals surface area (Å²) in [6, 6.07) is 0. The first-order valence-corrected chi connectivity index (χ1v) is 7.50. The third kappa shape index (κ3) is 5.81. The molecule has 0 nitrogen and oxygen atoms in total. The van der Waals surface area contributed by atoms with Gasteiger partial charge >= 0.3 is 0 Å². The largest absolute Gasteiger partial charge is 0.165 e. The van der Waals surface area contributed by atoms with E-state index in [1.807, 2.05) is 35.3 Å². The zero-order valence-corrected chi connectivity index (χ0v) is 9.37. The highest BCUT2D eigenvalue weighted by molar-refractivity contribution is 8.00. The summed E-state index contributed by atoms with van der Waals surface area (Å²) in [6.07, 6.45) is 6.56. The van der Waals surface area contributed by atoms with Crippen LogP contribution in [0.2, 0.25) is 0 Å². The van der Waals surface area contributed by atoms with Crippen LogP contribution in [0.4, 0.5) is 0 Å². The third-order valence-corrected chi connectivity index (χ3v) is 3.62. The highest BCUT2D eigenvalue weighted by Crippen LogP contribution is 2.14. The van der Waals surface area contributed by atoms with E-state index in [1.165, 1.54) is 17.3 Å². The van der Waals surface area contributed by atoms with Crippen molar-refractivity contribution in [1.82, 2.24) is 0 Å². The fraction of sp³-hybridized carbons (Fsp3) is 1.00. The molecule has 0 radical (unpaired) electrons. The molecule has 0 aliphatic rings. The number of hydrogen-bond acceptors (Lipinski definition) is 3. The summed E-state index contributed by atoms with van der Waals surface area (Å²) >= 11 is 5.89. The van der Waals surface area contributed by atoms with Crippen LogP contribution < -0.4 is 0 Å². The summed E-state index contributed by atoms with van der Waals surface area (Å²) in [4.78, 5) is 0. The van der Waals surface area contributed by atoms with Gasteiger partial charge in [-0.2, -0.15) is 35.3 Å². The van der Waals surface area contributed by atoms with Gasteiger partial charge in [0.25, 0.3) is 0 Å². The van der Waals surface area contributed by atoms with Crippen molar-refractivity contribution in [1.29, 1.82) is 0 Å². The molecule has 0 atom stereocenters. The molecule has 0 amide bonds. The summed E-state index contributed by atoms with van der Waals surface area (Å²) in [5.74, 6) is 4.88. The van der Waals surface area contributed by atoms with E-state index in [2.05, 4.69) is 18.8 Å². The Bertz CT molecular complexity index is 51.6. The number of rotatable bonds is 6. The Balaban J connectivity index is 3.30. The minimum absolute atomic E-state index is 0.917. The molecule has 10 heavy (non-hydrogen) atoms. The predicted octanol–water partition coefficient (Wildman–Crippen LogP) is 2.69. The topological polar surface area (TPSA) is 0 Å². The smallest absolute Gasteiger partial charge is 0.00261 e. The van der Waals surface area contributed by atoms with E-state index in [0.717, 1.165) is 5.92 Å². The second kappa shape index (κ2) is 8.15. The lowest BCUT2D eigenvalue weighted by atomic mass is 10.3. The van der Waals surface area contributed by atoms with Crippen LogP contribution in [0, 0.1) is 5.92 Å². The SMILES string of the molecule is CSCC(CSC)CSC. The van der Waals surface area contributed by atoms with Crippen LogP contribution in [0.25, 0.3) is 0 Å². The predicted molar refractivity (Wildman–Crippen MR) is 58.6 cm³/mol. The van der Waals surface area contributed by atoms with Crippen molar-refractivity contribution in [3.63, 3.8) is 0 Å². The van der Waals surface area contributed by atoms with E-state index in [0.29, 0.717) is 0 Å². The summed E-state index contributed by atoms with van der Waals surface area (Å²) in [7, 11) is 0. The molecule has 0 unspecified atom stereocenters. The van der Waals surface area contributed by atoms with Gasteiger partial charge in [-0.3, -0.25) is 0 Å². The Morgan fingerprint density at radius 3 is 1.30 bits per heavy atom. The van der Waals surface area contributed by atoms with E-state index in [1.54, 1.807) is 0 Å². The summed E-state index contributed by atoms with van der Waals surface area (Å²) in [5.41, 5.74) is 0. The maximum absolute atomic E-state index is 2.19. The molecule has 0 N–H and O–H groups in total. The van der Waals surface area contributed by atoms with Gasteiger partial charge in [-0.1, -0.05) is 0 Å². The van der Waals surface area contributed by atoms with Gasteiger partial charge in [0, 0.05) is 0 Å². The van der Waals surface area contributed by atoms with E-state index in [-0.39, 0.29) is 0 Å². The Morgan fingerprint density at radius 1 is 0.800 bits per heavy atom. The maximum atomic E-state index is 2.19. The highest BCUT2D eigenvalue weighted by Gasteiger charge is 2.04. The van der Waals surface area contributed by atoms with Crippen molar-refractivity contribution in [3.05, 3.63) is 0 Å². The molecule has 0 aromatic heterocycles. The average Bonchev–Trinajstić information content (AvgIpc) is 1.90. The van der Waals surface area contributed by atoms with E-state index >= 15 is 0 Å². The molecule has 0 aromatic carbocycles. The highest BCUT2D eigenvalue weighted by atomic mass is 32.2. The minimum Gasteiger partial charge on any atom is -0.165 e. The number of hydrogen-bond donors (Lipinski definition) is 0. The fourth-order valence-electron chi connectivity index (χ4n) is 0.851. The Hall–Kier alpha value is 1.05. The van der Waals surface area contributed by atoms with Gasteiger partial charge in [0.05, 0.1) is 0 Å². The van der Waals surface area contributed by atoms with E-state index in [4.69, 9.17) is 0 Å². The second-order valence-corrected chi connectivity index (χ2v) is 4.96. The molecule has 3 heteroatoms. The van der Waals surface area contributed by atoms with Gasteiger partial charge in [-0.25, -0.2) is 0 Å². The zero-order chi connectivity index (χ0) is 7.82. The molecule has 0 aromatic rings. The Morgan fingerprint density at radius 2 is 1.10 bits per heavy atom. The normalized spacial score (nSPS) is 10.8. The van der Waals surface area contributed by atoms with Crippen molar-refractivity contribution in [3.8, 4) is 0 Å². The monoisotopic (exact) mass is 196 g/mol. The molecule has 0 saturated carbocycles. The van der Waals surface area contributed by atoms with Crippen LogP contribution in [0.3, 0.4) is 0 Å². The average molecular weight is 196 g/mol. The first-order valence-electron chi connectivity index (χ1n) is 3.32. The van der Waals surface area contributed by atoms with Crippen LogP contribution >= 0.6 is 35.3 Å². The number of thioether (sulfide) groups is 3. The van der Waals surface area contributed by atoms with Crippen molar-refractivity contribution < 1.29 is 0 Å². The van der Waals surface area contributed by atoms with Gasteiger partial charge in [0.15, 0.2) is 0 Å². The lowest BCUT2D eigenvalue weighted by molar-refractivity contribution is 0.781. The second-order valence-electron chi connectivity index (χ2n) is 2.23. The van der Waals surface area contributed by atoms with Crippen molar-refractivity contribution in [2.24, 2.45) is 5.92 Å². The van der Waals surface area contributed by atoms with Crippen molar-refractivity contribution in [2.45, 2.75) is 0 Å². The molecule has 0 heterocycles. The lowest BCUT2D eigenvalue weighted by Crippen LogP contribution is -2.09. The Labute approximate surface area is 77.3 Å². The molecule has 62 valence electrons. The Kier molecular flexibility index (Phi) is 9.01. The molecule has 0 aliphatic heterocycles. The zero-order valence-electron chi connectivity index (χ0n) is 6.92. The molecule has 0 rings (SSSR count). The van der Waals surface area contributed by atoms with Gasteiger partial charge in [-0.15, -0.1) is 0 Å². The van der Waals surface area contributed by atoms with E-state index in [9.17, 15) is 0 Å². The third-order valence-electron chi connectivity index (χ3n) is 1.21. The van der Waals surface area contributed by atoms with Crippen LogP contribution in [0.5, 0.6) is 0 Å². The van der Waals surface area contributed by atoms with Crippen LogP contribution in [-0.2, 0) is 0 Å².